The molecule has 0 aliphatic rings. The molecule has 3 heteroatoms. The first-order chi connectivity index (χ1) is 13.8. The average molecular weight is 376 g/mol. The molecule has 1 heterocycles. The van der Waals surface area contributed by atoms with E-state index < -0.39 is 0 Å². The van der Waals surface area contributed by atoms with Crippen LogP contribution in [0.1, 0.15) is 39.5 Å². The lowest BCUT2D eigenvalue weighted by Crippen LogP contribution is -1.96. The molecule has 3 aromatic rings. The maximum atomic E-state index is 5.74. The van der Waals surface area contributed by atoms with Gasteiger partial charge in [-0.15, -0.1) is 0 Å². The minimum atomic E-state index is 0.766. The first-order valence-electron chi connectivity index (χ1n) is 10.2. The molecular formula is C25H29NO2. The molecule has 3 nitrogen and oxygen atoms in total. The topological polar surface area (TPSA) is 31.4 Å². The Hall–Kier alpha value is -2.81. The van der Waals surface area contributed by atoms with Crippen LogP contribution in [0.2, 0.25) is 0 Å². The Labute approximate surface area is 168 Å². The van der Waals surface area contributed by atoms with Crippen LogP contribution in [-0.4, -0.2) is 18.2 Å². The van der Waals surface area contributed by atoms with E-state index in [1.807, 2.05) is 36.4 Å². The first-order valence-corrected chi connectivity index (χ1v) is 10.2. The lowest BCUT2D eigenvalue weighted by atomic mass is 10.1. The number of hydrogen-bond donors (Lipinski definition) is 0. The van der Waals surface area contributed by atoms with E-state index in [1.165, 1.54) is 0 Å². The maximum absolute atomic E-state index is 5.74. The summed E-state index contributed by atoms with van der Waals surface area (Å²) < 4.78 is 11.5. The minimum Gasteiger partial charge on any atom is -0.494 e. The number of benzene rings is 2. The zero-order valence-corrected chi connectivity index (χ0v) is 16.9. The van der Waals surface area contributed by atoms with Crippen LogP contribution >= 0.6 is 0 Å². The summed E-state index contributed by atoms with van der Waals surface area (Å²) in [5.74, 6) is 1.82. The largest absolute Gasteiger partial charge is 0.494 e. The third kappa shape index (κ3) is 5.59. The summed E-state index contributed by atoms with van der Waals surface area (Å²) in [5.41, 5.74) is 4.09. The maximum Gasteiger partial charge on any atom is 0.119 e. The second kappa shape index (κ2) is 10.5. The summed E-state index contributed by atoms with van der Waals surface area (Å²) in [6.45, 7) is 5.86. The van der Waals surface area contributed by atoms with Gasteiger partial charge in [-0.05, 0) is 73.5 Å². The summed E-state index contributed by atoms with van der Waals surface area (Å²) in [7, 11) is 0. The lowest BCUT2D eigenvalue weighted by molar-refractivity contribution is 0.309. The van der Waals surface area contributed by atoms with Gasteiger partial charge in [-0.2, -0.15) is 0 Å². The van der Waals surface area contributed by atoms with Crippen molar-refractivity contribution in [1.29, 1.82) is 0 Å². The molecule has 2 aromatic carbocycles. The van der Waals surface area contributed by atoms with E-state index in [2.05, 4.69) is 44.2 Å². The van der Waals surface area contributed by atoms with Gasteiger partial charge in [0, 0.05) is 11.1 Å². The van der Waals surface area contributed by atoms with Gasteiger partial charge in [-0.3, -0.25) is 0 Å². The molecule has 0 saturated heterocycles. The Bertz CT molecular complexity index is 772. The van der Waals surface area contributed by atoms with Gasteiger partial charge in [-0.1, -0.05) is 32.8 Å². The Morgan fingerprint density at radius 2 is 1.04 bits per heavy atom. The van der Waals surface area contributed by atoms with Gasteiger partial charge in [0.05, 0.1) is 24.6 Å². The van der Waals surface area contributed by atoms with Crippen molar-refractivity contribution in [2.24, 2.45) is 0 Å². The third-order valence-electron chi connectivity index (χ3n) is 4.58. The monoisotopic (exact) mass is 375 g/mol. The van der Waals surface area contributed by atoms with Gasteiger partial charge in [-0.25, -0.2) is 4.98 Å². The molecule has 0 atom stereocenters. The van der Waals surface area contributed by atoms with E-state index in [4.69, 9.17) is 14.5 Å². The van der Waals surface area contributed by atoms with Gasteiger partial charge in [0.2, 0.25) is 0 Å². The highest BCUT2D eigenvalue weighted by Crippen LogP contribution is 2.26. The molecule has 0 unspecified atom stereocenters. The van der Waals surface area contributed by atoms with Crippen LogP contribution in [0.25, 0.3) is 22.5 Å². The van der Waals surface area contributed by atoms with E-state index in [-0.39, 0.29) is 0 Å². The van der Waals surface area contributed by atoms with Crippen LogP contribution < -0.4 is 9.47 Å². The molecule has 3 rings (SSSR count). The van der Waals surface area contributed by atoms with Crippen molar-refractivity contribution in [3.8, 4) is 34.0 Å². The van der Waals surface area contributed by atoms with Crippen molar-refractivity contribution >= 4 is 0 Å². The quantitative estimate of drug-likeness (QED) is 0.366. The zero-order chi connectivity index (χ0) is 19.6. The molecule has 0 saturated carbocycles. The van der Waals surface area contributed by atoms with Gasteiger partial charge in [0.15, 0.2) is 0 Å². The average Bonchev–Trinajstić information content (AvgIpc) is 2.75. The second-order valence-electron chi connectivity index (χ2n) is 6.86. The fraction of sp³-hybridized carbons (Fsp3) is 0.320. The van der Waals surface area contributed by atoms with E-state index >= 15 is 0 Å². The van der Waals surface area contributed by atoms with Crippen LogP contribution in [0.5, 0.6) is 11.5 Å². The molecule has 0 spiro atoms. The highest BCUT2D eigenvalue weighted by Gasteiger charge is 2.05. The number of nitrogens with zero attached hydrogens (tertiary/aromatic N) is 1. The lowest BCUT2D eigenvalue weighted by Gasteiger charge is -2.09. The van der Waals surface area contributed by atoms with E-state index in [9.17, 15) is 0 Å². The van der Waals surface area contributed by atoms with Gasteiger partial charge in [0.1, 0.15) is 11.5 Å². The molecule has 0 amide bonds. The van der Waals surface area contributed by atoms with Crippen molar-refractivity contribution in [3.05, 3.63) is 66.7 Å². The van der Waals surface area contributed by atoms with Crippen LogP contribution in [0, 0.1) is 0 Å². The predicted molar refractivity (Wildman–Crippen MR) is 116 cm³/mol. The molecule has 146 valence electrons. The highest BCUT2D eigenvalue weighted by molar-refractivity contribution is 5.66. The smallest absolute Gasteiger partial charge is 0.119 e. The number of unbranched alkanes of at least 4 members (excludes halogenated alkanes) is 2. The Kier molecular flexibility index (Phi) is 7.48. The molecule has 0 bridgehead atoms. The standard InChI is InChI=1S/C25H29NO2/c1-3-5-18-27-22-14-10-20(11-15-22)24-8-7-9-25(26-24)21-12-16-23(17-13-21)28-19-6-4-2/h7-17H,3-6,18-19H2,1-2H3. The molecule has 0 fully saturated rings. The van der Waals surface area contributed by atoms with Crippen molar-refractivity contribution in [2.75, 3.05) is 13.2 Å². The molecule has 0 aliphatic heterocycles. The normalized spacial score (nSPS) is 10.6. The minimum absolute atomic E-state index is 0.766. The van der Waals surface area contributed by atoms with Crippen LogP contribution in [0.15, 0.2) is 66.7 Å². The van der Waals surface area contributed by atoms with E-state index in [1.54, 1.807) is 0 Å². The fourth-order valence-electron chi connectivity index (χ4n) is 2.87. The number of pyridine rings is 1. The number of hydrogen-bond acceptors (Lipinski definition) is 3. The predicted octanol–water partition coefficient (Wildman–Crippen LogP) is 6.77. The Morgan fingerprint density at radius 3 is 1.43 bits per heavy atom. The molecule has 28 heavy (non-hydrogen) atoms. The fourth-order valence-corrected chi connectivity index (χ4v) is 2.87. The Morgan fingerprint density at radius 1 is 0.607 bits per heavy atom. The van der Waals surface area contributed by atoms with Crippen molar-refractivity contribution in [2.45, 2.75) is 39.5 Å². The number of rotatable bonds is 10. The van der Waals surface area contributed by atoms with Crippen LogP contribution in [-0.2, 0) is 0 Å². The summed E-state index contributed by atoms with van der Waals surface area (Å²) in [6.07, 6.45) is 4.43. The van der Waals surface area contributed by atoms with Crippen molar-refractivity contribution in [3.63, 3.8) is 0 Å². The number of ether oxygens (including phenoxy) is 2. The SMILES string of the molecule is CCCCOc1ccc(-c2cccc(-c3ccc(OCCCC)cc3)n2)cc1. The van der Waals surface area contributed by atoms with E-state index in [0.29, 0.717) is 0 Å². The zero-order valence-electron chi connectivity index (χ0n) is 16.9. The number of aromatic nitrogens is 1. The van der Waals surface area contributed by atoms with Gasteiger partial charge < -0.3 is 9.47 Å². The van der Waals surface area contributed by atoms with E-state index in [0.717, 1.165) is 72.9 Å². The van der Waals surface area contributed by atoms with Crippen molar-refractivity contribution < 1.29 is 9.47 Å². The molecule has 1 aromatic heterocycles. The molecular weight excluding hydrogens is 346 g/mol. The van der Waals surface area contributed by atoms with Gasteiger partial charge >= 0.3 is 0 Å². The second-order valence-corrected chi connectivity index (χ2v) is 6.86. The molecule has 0 radical (unpaired) electrons. The van der Waals surface area contributed by atoms with Crippen LogP contribution in [0.4, 0.5) is 0 Å². The first kappa shape index (κ1) is 19.9. The third-order valence-corrected chi connectivity index (χ3v) is 4.58. The molecule has 0 N–H and O–H groups in total. The summed E-state index contributed by atoms with van der Waals surface area (Å²) in [4.78, 5) is 4.84. The summed E-state index contributed by atoms with van der Waals surface area (Å²) >= 11 is 0. The Balaban J connectivity index is 1.70. The highest BCUT2D eigenvalue weighted by atomic mass is 16.5. The summed E-state index contributed by atoms with van der Waals surface area (Å²) in [6, 6.07) is 22.5. The summed E-state index contributed by atoms with van der Waals surface area (Å²) in [5, 5.41) is 0. The van der Waals surface area contributed by atoms with Crippen molar-refractivity contribution in [1.82, 2.24) is 4.98 Å². The molecule has 0 aliphatic carbocycles. The van der Waals surface area contributed by atoms with Crippen LogP contribution in [0.3, 0.4) is 0 Å². The van der Waals surface area contributed by atoms with Gasteiger partial charge in [0.25, 0.3) is 0 Å².